The Morgan fingerprint density at radius 1 is 0.489 bits per heavy atom. The summed E-state index contributed by atoms with van der Waals surface area (Å²) in [5, 5.41) is 0. The van der Waals surface area contributed by atoms with E-state index in [9.17, 15) is 19.2 Å². The van der Waals surface area contributed by atoms with Crippen molar-refractivity contribution in [2.45, 2.75) is 39.0 Å². The van der Waals surface area contributed by atoms with Crippen LogP contribution >= 0.6 is 0 Å². The molecule has 13 heteroatoms. The zero-order chi connectivity index (χ0) is 33.7. The molecule has 256 valence electrons. The van der Waals surface area contributed by atoms with E-state index in [0.29, 0.717) is 39.1 Å². The molecule has 0 aliphatic heterocycles. The van der Waals surface area contributed by atoms with Gasteiger partial charge in [-0.15, -0.1) is 0 Å². The fourth-order valence-electron chi connectivity index (χ4n) is 3.33. The molecule has 13 nitrogen and oxygen atoms in total. The molecule has 0 spiro atoms. The second-order valence-electron chi connectivity index (χ2n) is 10.4. The van der Waals surface area contributed by atoms with Gasteiger partial charge >= 0.3 is 23.9 Å². The van der Waals surface area contributed by atoms with Crippen LogP contribution in [0.3, 0.4) is 0 Å². The summed E-state index contributed by atoms with van der Waals surface area (Å²) in [5.74, 6) is -1.98. The quantitative estimate of drug-likeness (QED) is 0.0597. The van der Waals surface area contributed by atoms with Gasteiger partial charge in [-0.3, -0.25) is 0 Å². The third-order valence-electron chi connectivity index (χ3n) is 5.66. The normalized spacial score (nSPS) is 11.7. The molecule has 0 aliphatic rings. The van der Waals surface area contributed by atoms with Crippen molar-refractivity contribution in [1.82, 2.24) is 19.6 Å². The first-order valence-electron chi connectivity index (χ1n) is 15.3. The largest absolute Gasteiger partial charge is 0.463 e. The number of unbranched alkanes of at least 4 members (excludes halogenated alkanes) is 1. The highest BCUT2D eigenvalue weighted by atomic mass is 16.6. The summed E-state index contributed by atoms with van der Waals surface area (Å²) in [6, 6.07) is 0. The van der Waals surface area contributed by atoms with Gasteiger partial charge in [0.15, 0.2) is 0 Å². The van der Waals surface area contributed by atoms with Crippen LogP contribution in [0.2, 0.25) is 0 Å². The van der Waals surface area contributed by atoms with Crippen LogP contribution in [0, 0.1) is 0 Å². The predicted molar refractivity (Wildman–Crippen MR) is 172 cm³/mol. The standard InChI is InChI=1S/C32H54N4O9/c1-7-24-42-29(37)12-20-35(18-10-16-33(2)3)21-13-30(38)43-25-8-9-26-44-31(39)14-22-36(19-11-17-34(4)5)23-15-32(40)45-28-27-41-6/h12-15,20-23H,7-11,16-19,24-28H2,1-6H3/b20-12+,21-13+,22-14+,23-15+. The average Bonchev–Trinajstić information content (AvgIpc) is 2.99. The smallest absolute Gasteiger partial charge is 0.332 e. The lowest BCUT2D eigenvalue weighted by molar-refractivity contribution is -0.140. The molecule has 45 heavy (non-hydrogen) atoms. The van der Waals surface area contributed by atoms with Crippen LogP contribution in [0.25, 0.3) is 0 Å². The summed E-state index contributed by atoms with van der Waals surface area (Å²) < 4.78 is 25.4. The van der Waals surface area contributed by atoms with Gasteiger partial charge in [0.2, 0.25) is 0 Å². The van der Waals surface area contributed by atoms with Crippen LogP contribution in [0.15, 0.2) is 49.1 Å². The Morgan fingerprint density at radius 2 is 0.844 bits per heavy atom. The number of methoxy groups -OCH3 is 1. The molecule has 0 aliphatic carbocycles. The van der Waals surface area contributed by atoms with Crippen molar-refractivity contribution < 1.29 is 42.9 Å². The van der Waals surface area contributed by atoms with Gasteiger partial charge in [0.05, 0.1) is 26.4 Å². The van der Waals surface area contributed by atoms with Crippen LogP contribution in [-0.2, 0) is 42.9 Å². The lowest BCUT2D eigenvalue weighted by atomic mass is 10.3. The van der Waals surface area contributed by atoms with E-state index >= 15 is 0 Å². The Morgan fingerprint density at radius 3 is 1.18 bits per heavy atom. The monoisotopic (exact) mass is 638 g/mol. The molecule has 0 aromatic heterocycles. The van der Waals surface area contributed by atoms with Crippen molar-refractivity contribution in [2.24, 2.45) is 0 Å². The Labute approximate surface area is 269 Å². The molecule has 0 N–H and O–H groups in total. The number of ether oxygens (including phenoxy) is 5. The maximum absolute atomic E-state index is 12.2. The Hall–Kier alpha value is -3.68. The summed E-state index contributed by atoms with van der Waals surface area (Å²) in [6.07, 6.45) is 14.9. The summed E-state index contributed by atoms with van der Waals surface area (Å²) >= 11 is 0. The third kappa shape index (κ3) is 27.6. The van der Waals surface area contributed by atoms with Crippen molar-refractivity contribution in [2.75, 3.05) is 94.5 Å². The number of hydrogen-bond acceptors (Lipinski definition) is 13. The molecule has 0 heterocycles. The van der Waals surface area contributed by atoms with Crippen LogP contribution in [0.5, 0.6) is 0 Å². The van der Waals surface area contributed by atoms with E-state index < -0.39 is 23.9 Å². The summed E-state index contributed by atoms with van der Waals surface area (Å²) in [7, 11) is 9.41. The SMILES string of the molecule is CCCOC(=O)/C=C/N(/C=C/C(=O)OCCCCOC(=O)/C=C/N(/C=C/C(=O)OCCOC)CCCN(C)C)CCCN(C)C. The van der Waals surface area contributed by atoms with Gasteiger partial charge in [0.25, 0.3) is 0 Å². The van der Waals surface area contributed by atoms with E-state index in [4.69, 9.17) is 23.7 Å². The van der Waals surface area contributed by atoms with Gasteiger partial charge < -0.3 is 43.3 Å². The van der Waals surface area contributed by atoms with Crippen LogP contribution in [-0.4, -0.2) is 138 Å². The molecule has 0 aromatic rings. The molecule has 0 saturated heterocycles. The molecule has 0 aromatic carbocycles. The van der Waals surface area contributed by atoms with Crippen molar-refractivity contribution in [3.63, 3.8) is 0 Å². The minimum atomic E-state index is -0.524. The van der Waals surface area contributed by atoms with E-state index in [0.717, 1.165) is 32.4 Å². The Bertz CT molecular complexity index is 949. The zero-order valence-electron chi connectivity index (χ0n) is 28.0. The van der Waals surface area contributed by atoms with E-state index in [-0.39, 0.29) is 19.8 Å². The van der Waals surface area contributed by atoms with E-state index in [1.807, 2.05) is 40.0 Å². The van der Waals surface area contributed by atoms with E-state index in [1.165, 1.54) is 31.4 Å². The van der Waals surface area contributed by atoms with Crippen molar-refractivity contribution >= 4 is 23.9 Å². The Kier molecular flexibility index (Phi) is 25.6. The topological polar surface area (TPSA) is 127 Å². The van der Waals surface area contributed by atoms with Crippen molar-refractivity contribution in [1.29, 1.82) is 0 Å². The molecule has 0 fully saturated rings. The number of carbonyl (C=O) groups is 4. The van der Waals surface area contributed by atoms with Gasteiger partial charge in [-0.25, -0.2) is 19.2 Å². The van der Waals surface area contributed by atoms with E-state index in [1.54, 1.807) is 34.6 Å². The molecule has 0 atom stereocenters. The van der Waals surface area contributed by atoms with Crippen LogP contribution in [0.1, 0.15) is 39.0 Å². The first-order valence-corrected chi connectivity index (χ1v) is 15.3. The number of carbonyl (C=O) groups excluding carboxylic acids is 4. The fourth-order valence-corrected chi connectivity index (χ4v) is 3.33. The highest BCUT2D eigenvalue weighted by molar-refractivity contribution is 5.83. The highest BCUT2D eigenvalue weighted by Crippen LogP contribution is 2.01. The molecule has 0 saturated carbocycles. The predicted octanol–water partition coefficient (Wildman–Crippen LogP) is 2.56. The van der Waals surface area contributed by atoms with Gasteiger partial charge in [-0.1, -0.05) is 6.92 Å². The maximum Gasteiger partial charge on any atom is 0.332 e. The summed E-state index contributed by atoms with van der Waals surface area (Å²) in [4.78, 5) is 55.5. The first-order chi connectivity index (χ1) is 21.6. The van der Waals surface area contributed by atoms with Crippen LogP contribution in [0.4, 0.5) is 0 Å². The second-order valence-corrected chi connectivity index (χ2v) is 10.4. The summed E-state index contributed by atoms with van der Waals surface area (Å²) in [5.41, 5.74) is 0. The van der Waals surface area contributed by atoms with Crippen LogP contribution < -0.4 is 0 Å². The van der Waals surface area contributed by atoms with Crippen molar-refractivity contribution in [3.8, 4) is 0 Å². The van der Waals surface area contributed by atoms with Gasteiger partial charge in [-0.2, -0.15) is 0 Å². The number of rotatable bonds is 26. The lowest BCUT2D eigenvalue weighted by Gasteiger charge is -2.17. The zero-order valence-corrected chi connectivity index (χ0v) is 28.0. The molecule has 0 radical (unpaired) electrons. The van der Waals surface area contributed by atoms with E-state index in [2.05, 4.69) is 4.90 Å². The molecule has 0 rings (SSSR count). The van der Waals surface area contributed by atoms with Gasteiger partial charge in [0, 0.05) is 69.3 Å². The van der Waals surface area contributed by atoms with Gasteiger partial charge in [-0.05, 0) is 73.4 Å². The molecular weight excluding hydrogens is 584 g/mol. The Balaban J connectivity index is 4.61. The fraction of sp³-hybridized carbons (Fsp3) is 0.625. The minimum absolute atomic E-state index is 0.157. The summed E-state index contributed by atoms with van der Waals surface area (Å²) in [6.45, 7) is 5.94. The lowest BCUT2D eigenvalue weighted by Crippen LogP contribution is -2.20. The minimum Gasteiger partial charge on any atom is -0.463 e. The molecule has 0 unspecified atom stereocenters. The average molecular weight is 639 g/mol. The molecule has 0 bridgehead atoms. The molecule has 0 amide bonds. The number of esters is 4. The van der Waals surface area contributed by atoms with Gasteiger partial charge in [0.1, 0.15) is 6.61 Å². The third-order valence-corrected chi connectivity index (χ3v) is 5.66. The first kappa shape index (κ1) is 41.3. The number of hydrogen-bond donors (Lipinski definition) is 0. The molecular formula is C32H54N4O9. The number of nitrogens with zero attached hydrogens (tertiary/aromatic N) is 4. The second kappa shape index (κ2) is 27.8. The highest BCUT2D eigenvalue weighted by Gasteiger charge is 2.05. The maximum atomic E-state index is 12.2. The van der Waals surface area contributed by atoms with Crippen molar-refractivity contribution in [3.05, 3.63) is 49.1 Å².